The Morgan fingerprint density at radius 3 is 2.76 bits per heavy atom. The summed E-state index contributed by atoms with van der Waals surface area (Å²) < 4.78 is 5.42. The standard InChI is InChI=1S/C17H14O4/c18-13-10-15(21-14-9-5-4-8-12(13)14)17(20)16(19)11-6-2-1-3-7-11/h2,4-6,8-11H,1,3,7H2. The summed E-state index contributed by atoms with van der Waals surface area (Å²) in [5, 5.41) is 0.402. The van der Waals surface area contributed by atoms with Gasteiger partial charge in [-0.3, -0.25) is 14.4 Å². The van der Waals surface area contributed by atoms with Crippen LogP contribution in [0.4, 0.5) is 0 Å². The molecule has 4 heteroatoms. The molecule has 1 aliphatic carbocycles. The third kappa shape index (κ3) is 2.57. The van der Waals surface area contributed by atoms with Crippen LogP contribution in [-0.4, -0.2) is 11.6 Å². The number of benzene rings is 1. The van der Waals surface area contributed by atoms with E-state index in [0.29, 0.717) is 17.4 Å². The van der Waals surface area contributed by atoms with Crippen molar-refractivity contribution in [2.75, 3.05) is 0 Å². The topological polar surface area (TPSA) is 64.3 Å². The number of hydrogen-bond acceptors (Lipinski definition) is 4. The van der Waals surface area contributed by atoms with Gasteiger partial charge in [-0.15, -0.1) is 0 Å². The second-order valence-electron chi connectivity index (χ2n) is 5.13. The highest BCUT2D eigenvalue weighted by Crippen LogP contribution is 2.20. The van der Waals surface area contributed by atoms with E-state index in [1.54, 1.807) is 30.3 Å². The molecule has 1 heterocycles. The third-order valence-electron chi connectivity index (χ3n) is 3.67. The molecule has 2 aromatic rings. The summed E-state index contributed by atoms with van der Waals surface area (Å²) >= 11 is 0. The lowest BCUT2D eigenvalue weighted by molar-refractivity contribution is -0.117. The van der Waals surface area contributed by atoms with E-state index in [-0.39, 0.29) is 11.2 Å². The van der Waals surface area contributed by atoms with Crippen LogP contribution in [-0.2, 0) is 4.79 Å². The number of fused-ring (bicyclic) bond motifs is 1. The lowest BCUT2D eigenvalue weighted by Crippen LogP contribution is -2.24. The Kier molecular flexibility index (Phi) is 3.52. The van der Waals surface area contributed by atoms with Crippen LogP contribution in [0.5, 0.6) is 0 Å². The first kappa shape index (κ1) is 13.5. The molecule has 3 rings (SSSR count). The van der Waals surface area contributed by atoms with E-state index in [1.807, 2.05) is 6.08 Å². The van der Waals surface area contributed by atoms with Crippen LogP contribution in [0, 0.1) is 5.92 Å². The number of ketones is 2. The Balaban J connectivity index is 1.98. The molecule has 1 unspecified atom stereocenters. The Labute approximate surface area is 121 Å². The van der Waals surface area contributed by atoms with E-state index in [0.717, 1.165) is 18.9 Å². The fourth-order valence-corrected chi connectivity index (χ4v) is 2.54. The second-order valence-corrected chi connectivity index (χ2v) is 5.13. The highest BCUT2D eigenvalue weighted by Gasteiger charge is 2.27. The molecule has 0 aliphatic heterocycles. The van der Waals surface area contributed by atoms with Gasteiger partial charge in [-0.25, -0.2) is 0 Å². The molecule has 1 aromatic heterocycles. The summed E-state index contributed by atoms with van der Waals surface area (Å²) in [6.45, 7) is 0. The maximum Gasteiger partial charge on any atom is 0.264 e. The Morgan fingerprint density at radius 2 is 2.00 bits per heavy atom. The molecule has 0 saturated heterocycles. The molecule has 0 spiro atoms. The van der Waals surface area contributed by atoms with Crippen molar-refractivity contribution >= 4 is 22.5 Å². The molecule has 1 aromatic carbocycles. The van der Waals surface area contributed by atoms with Gasteiger partial charge in [0, 0.05) is 12.0 Å². The molecule has 1 atom stereocenters. The number of hydrogen-bond donors (Lipinski definition) is 0. The van der Waals surface area contributed by atoms with Crippen LogP contribution in [0.1, 0.15) is 29.8 Å². The first-order chi connectivity index (χ1) is 10.2. The molecule has 0 radical (unpaired) electrons. The predicted octanol–water partition coefficient (Wildman–Crippen LogP) is 2.90. The maximum absolute atomic E-state index is 12.2. The van der Waals surface area contributed by atoms with Gasteiger partial charge < -0.3 is 4.42 Å². The third-order valence-corrected chi connectivity index (χ3v) is 3.67. The molecule has 0 amide bonds. The van der Waals surface area contributed by atoms with Gasteiger partial charge in [0.25, 0.3) is 5.78 Å². The summed E-state index contributed by atoms with van der Waals surface area (Å²) in [5.41, 5.74) is 0.00697. The molecule has 1 aliphatic rings. The van der Waals surface area contributed by atoms with Gasteiger partial charge in [-0.1, -0.05) is 24.3 Å². The fraction of sp³-hybridized carbons (Fsp3) is 0.235. The van der Waals surface area contributed by atoms with Crippen molar-refractivity contribution in [1.29, 1.82) is 0 Å². The summed E-state index contributed by atoms with van der Waals surface area (Å²) in [7, 11) is 0. The zero-order valence-electron chi connectivity index (χ0n) is 11.4. The number of allylic oxidation sites excluding steroid dienone is 2. The zero-order chi connectivity index (χ0) is 14.8. The first-order valence-electron chi connectivity index (χ1n) is 6.95. The Morgan fingerprint density at radius 1 is 1.19 bits per heavy atom. The highest BCUT2D eigenvalue weighted by atomic mass is 16.3. The minimum absolute atomic E-state index is 0.178. The maximum atomic E-state index is 12.2. The van der Waals surface area contributed by atoms with Crippen molar-refractivity contribution in [2.45, 2.75) is 19.3 Å². The van der Waals surface area contributed by atoms with Crippen LogP contribution in [0.2, 0.25) is 0 Å². The van der Waals surface area contributed by atoms with Crippen LogP contribution in [0.3, 0.4) is 0 Å². The molecule has 0 N–H and O–H groups in total. The number of carbonyl (C=O) groups is 2. The van der Waals surface area contributed by atoms with Gasteiger partial charge in [0.1, 0.15) is 5.58 Å². The summed E-state index contributed by atoms with van der Waals surface area (Å²) in [6, 6.07) is 7.78. The van der Waals surface area contributed by atoms with Gasteiger partial charge in [0.05, 0.1) is 5.39 Å². The number of para-hydroxylation sites is 1. The van der Waals surface area contributed by atoms with Crippen molar-refractivity contribution in [1.82, 2.24) is 0 Å². The van der Waals surface area contributed by atoms with Crippen molar-refractivity contribution in [2.24, 2.45) is 5.92 Å². The van der Waals surface area contributed by atoms with Crippen molar-refractivity contribution in [3.05, 3.63) is 58.5 Å². The van der Waals surface area contributed by atoms with Gasteiger partial charge in [-0.05, 0) is 31.4 Å². The average Bonchev–Trinajstić information content (AvgIpc) is 2.54. The first-order valence-corrected chi connectivity index (χ1v) is 6.95. The quantitative estimate of drug-likeness (QED) is 0.493. The predicted molar refractivity (Wildman–Crippen MR) is 78.3 cm³/mol. The SMILES string of the molecule is O=C(C(=O)C1C=CCCC1)c1cc(=O)c2ccccc2o1. The largest absolute Gasteiger partial charge is 0.452 e. The lowest BCUT2D eigenvalue weighted by Gasteiger charge is -2.13. The minimum atomic E-state index is -0.727. The summed E-state index contributed by atoms with van der Waals surface area (Å²) in [5.74, 6) is -1.82. The normalized spacial score (nSPS) is 17.8. The molecule has 21 heavy (non-hydrogen) atoms. The molecule has 0 fully saturated rings. The van der Waals surface area contributed by atoms with Crippen molar-refractivity contribution in [3.8, 4) is 0 Å². The fourth-order valence-electron chi connectivity index (χ4n) is 2.54. The zero-order valence-corrected chi connectivity index (χ0v) is 11.4. The van der Waals surface area contributed by atoms with E-state index in [1.165, 1.54) is 0 Å². The Hall–Kier alpha value is -2.49. The van der Waals surface area contributed by atoms with Crippen LogP contribution in [0.15, 0.2) is 51.7 Å². The van der Waals surface area contributed by atoms with Gasteiger partial charge in [0.15, 0.2) is 11.2 Å². The summed E-state index contributed by atoms with van der Waals surface area (Å²) in [4.78, 5) is 36.4. The van der Waals surface area contributed by atoms with E-state index in [4.69, 9.17) is 4.42 Å². The van der Waals surface area contributed by atoms with Crippen LogP contribution in [0.25, 0.3) is 11.0 Å². The number of rotatable bonds is 3. The van der Waals surface area contributed by atoms with Crippen LogP contribution >= 0.6 is 0 Å². The van der Waals surface area contributed by atoms with E-state index >= 15 is 0 Å². The minimum Gasteiger partial charge on any atom is -0.452 e. The molecule has 106 valence electrons. The monoisotopic (exact) mass is 282 g/mol. The average molecular weight is 282 g/mol. The smallest absolute Gasteiger partial charge is 0.264 e. The molecule has 4 nitrogen and oxygen atoms in total. The number of carbonyl (C=O) groups excluding carboxylic acids is 2. The van der Waals surface area contributed by atoms with Crippen molar-refractivity contribution < 1.29 is 14.0 Å². The molecule has 0 bridgehead atoms. The van der Waals surface area contributed by atoms with Crippen LogP contribution < -0.4 is 5.43 Å². The molecular formula is C17H14O4. The molecule has 0 saturated carbocycles. The highest BCUT2D eigenvalue weighted by molar-refractivity contribution is 6.44. The summed E-state index contributed by atoms with van der Waals surface area (Å²) in [6.07, 6.45) is 6.17. The van der Waals surface area contributed by atoms with Gasteiger partial charge in [-0.2, -0.15) is 0 Å². The molecular weight excluding hydrogens is 268 g/mol. The van der Waals surface area contributed by atoms with E-state index < -0.39 is 17.5 Å². The van der Waals surface area contributed by atoms with Gasteiger partial charge in [0.2, 0.25) is 5.78 Å². The van der Waals surface area contributed by atoms with E-state index in [2.05, 4.69) is 0 Å². The second kappa shape index (κ2) is 5.48. The van der Waals surface area contributed by atoms with Crippen molar-refractivity contribution in [3.63, 3.8) is 0 Å². The lowest BCUT2D eigenvalue weighted by atomic mass is 9.90. The Bertz CT molecular complexity index is 798. The van der Waals surface area contributed by atoms with Gasteiger partial charge >= 0.3 is 0 Å². The van der Waals surface area contributed by atoms with E-state index in [9.17, 15) is 14.4 Å². The number of Topliss-reactive ketones (excluding diaryl/α,β-unsaturated/α-hetero) is 2.